The van der Waals surface area contributed by atoms with Crippen molar-refractivity contribution in [3.05, 3.63) is 54.0 Å². The van der Waals surface area contributed by atoms with Crippen molar-refractivity contribution in [2.24, 2.45) is 5.92 Å². The van der Waals surface area contributed by atoms with E-state index in [1.807, 2.05) is 24.4 Å². The number of hydrogen-bond acceptors (Lipinski definition) is 5. The molecule has 29 heavy (non-hydrogen) atoms. The molecule has 6 nitrogen and oxygen atoms in total. The van der Waals surface area contributed by atoms with Crippen molar-refractivity contribution in [1.29, 1.82) is 0 Å². The fraction of sp³-hybridized carbons (Fsp3) is 0.455. The van der Waals surface area contributed by atoms with Gasteiger partial charge in [0.15, 0.2) is 0 Å². The molecule has 2 saturated heterocycles. The van der Waals surface area contributed by atoms with Gasteiger partial charge in [0.2, 0.25) is 5.91 Å². The highest BCUT2D eigenvalue weighted by molar-refractivity contribution is 5.78. The molecule has 1 aromatic carbocycles. The molecule has 2 fully saturated rings. The van der Waals surface area contributed by atoms with Crippen molar-refractivity contribution in [2.45, 2.75) is 19.4 Å². The molecule has 2 N–H and O–H groups in total. The number of pyridine rings is 1. The van der Waals surface area contributed by atoms with Gasteiger partial charge in [-0.05, 0) is 67.9 Å². The van der Waals surface area contributed by atoms with Gasteiger partial charge in [0.1, 0.15) is 11.6 Å². The first-order chi connectivity index (χ1) is 14.2. The Balaban J connectivity index is 1.30. The van der Waals surface area contributed by atoms with E-state index in [0.717, 1.165) is 69.2 Å². The van der Waals surface area contributed by atoms with Crippen LogP contribution in [0.25, 0.3) is 0 Å². The van der Waals surface area contributed by atoms with E-state index >= 15 is 0 Å². The summed E-state index contributed by atoms with van der Waals surface area (Å²) in [5.74, 6) is 1.01. The zero-order valence-electron chi connectivity index (χ0n) is 16.6. The number of carbonyl (C=O) groups excluding carboxylic acids is 1. The highest BCUT2D eigenvalue weighted by Crippen LogP contribution is 2.20. The van der Waals surface area contributed by atoms with Gasteiger partial charge in [0.25, 0.3) is 0 Å². The molecule has 0 atom stereocenters. The van der Waals surface area contributed by atoms with Gasteiger partial charge in [-0.2, -0.15) is 0 Å². The monoisotopic (exact) mass is 397 g/mol. The zero-order valence-corrected chi connectivity index (χ0v) is 16.6. The Morgan fingerprint density at radius 2 is 1.76 bits per heavy atom. The summed E-state index contributed by atoms with van der Waals surface area (Å²) < 4.78 is 13.1. The van der Waals surface area contributed by atoms with E-state index in [4.69, 9.17) is 0 Å². The topological polar surface area (TPSA) is 60.5 Å². The van der Waals surface area contributed by atoms with E-state index in [1.165, 1.54) is 12.1 Å². The molecule has 0 radical (unpaired) electrons. The zero-order chi connectivity index (χ0) is 20.1. The average molecular weight is 397 g/mol. The molecule has 0 aliphatic carbocycles. The number of halogens is 1. The number of hydrogen-bond donors (Lipinski definition) is 2. The van der Waals surface area contributed by atoms with E-state index in [0.29, 0.717) is 6.54 Å². The largest absolute Gasteiger partial charge is 0.368 e. The molecule has 0 saturated carbocycles. The second-order valence-corrected chi connectivity index (χ2v) is 7.71. The molecule has 4 rings (SSSR count). The SMILES string of the molecule is O=C(NCc1ccnc(N2CCN(c3ccc(F)cc3)CC2)c1)C1CCNCC1. The molecule has 0 bridgehead atoms. The van der Waals surface area contributed by atoms with Crippen LogP contribution in [0.2, 0.25) is 0 Å². The van der Waals surface area contributed by atoms with Crippen LogP contribution in [-0.4, -0.2) is 50.2 Å². The lowest BCUT2D eigenvalue weighted by Crippen LogP contribution is -2.46. The number of nitrogens with zero attached hydrogens (tertiary/aromatic N) is 3. The number of anilines is 2. The predicted octanol–water partition coefficient (Wildman–Crippen LogP) is 2.16. The van der Waals surface area contributed by atoms with E-state index in [1.54, 1.807) is 0 Å². The van der Waals surface area contributed by atoms with E-state index in [2.05, 4.69) is 31.5 Å². The minimum atomic E-state index is -0.208. The first-order valence-corrected chi connectivity index (χ1v) is 10.4. The van der Waals surface area contributed by atoms with Gasteiger partial charge in [-0.3, -0.25) is 4.79 Å². The Morgan fingerprint density at radius 3 is 2.48 bits per heavy atom. The second kappa shape index (κ2) is 9.22. The van der Waals surface area contributed by atoms with Gasteiger partial charge in [-0.1, -0.05) is 0 Å². The molecule has 1 aromatic heterocycles. The van der Waals surface area contributed by atoms with Crippen LogP contribution in [0.4, 0.5) is 15.9 Å². The lowest BCUT2D eigenvalue weighted by molar-refractivity contribution is -0.125. The maximum atomic E-state index is 13.1. The molecule has 2 aliphatic heterocycles. The summed E-state index contributed by atoms with van der Waals surface area (Å²) >= 11 is 0. The van der Waals surface area contributed by atoms with Crippen molar-refractivity contribution < 1.29 is 9.18 Å². The van der Waals surface area contributed by atoms with Crippen LogP contribution < -0.4 is 20.4 Å². The van der Waals surface area contributed by atoms with Crippen LogP contribution in [0.5, 0.6) is 0 Å². The quantitative estimate of drug-likeness (QED) is 0.810. The number of rotatable bonds is 5. The fourth-order valence-corrected chi connectivity index (χ4v) is 4.01. The van der Waals surface area contributed by atoms with Crippen LogP contribution in [0, 0.1) is 11.7 Å². The Bertz CT molecular complexity index is 814. The molecule has 7 heteroatoms. The number of carbonyl (C=O) groups is 1. The normalized spacial score (nSPS) is 18.0. The van der Waals surface area contributed by atoms with Gasteiger partial charge in [-0.15, -0.1) is 0 Å². The minimum Gasteiger partial charge on any atom is -0.368 e. The summed E-state index contributed by atoms with van der Waals surface area (Å²) in [6.07, 6.45) is 3.63. The summed E-state index contributed by atoms with van der Waals surface area (Å²) in [5.41, 5.74) is 2.12. The van der Waals surface area contributed by atoms with Crippen molar-refractivity contribution in [3.8, 4) is 0 Å². The van der Waals surface area contributed by atoms with Crippen LogP contribution >= 0.6 is 0 Å². The maximum absolute atomic E-state index is 13.1. The number of amides is 1. The lowest BCUT2D eigenvalue weighted by Gasteiger charge is -2.36. The van der Waals surface area contributed by atoms with E-state index in [9.17, 15) is 9.18 Å². The Morgan fingerprint density at radius 1 is 1.07 bits per heavy atom. The summed E-state index contributed by atoms with van der Waals surface area (Å²) in [7, 11) is 0. The summed E-state index contributed by atoms with van der Waals surface area (Å²) in [6, 6.07) is 10.7. The maximum Gasteiger partial charge on any atom is 0.223 e. The summed E-state index contributed by atoms with van der Waals surface area (Å²) in [4.78, 5) is 21.4. The first-order valence-electron chi connectivity index (χ1n) is 10.4. The van der Waals surface area contributed by atoms with E-state index in [-0.39, 0.29) is 17.6 Å². The van der Waals surface area contributed by atoms with Gasteiger partial charge < -0.3 is 20.4 Å². The standard InChI is InChI=1S/C22H28FN5O/c23-19-1-3-20(4-2-19)27-11-13-28(14-12-27)21-15-17(5-10-25-21)16-26-22(29)18-6-8-24-9-7-18/h1-5,10,15,18,24H,6-9,11-14,16H2,(H,26,29). The highest BCUT2D eigenvalue weighted by Gasteiger charge is 2.21. The smallest absolute Gasteiger partial charge is 0.223 e. The molecule has 2 aromatic rings. The number of piperazine rings is 1. The van der Waals surface area contributed by atoms with Crippen molar-refractivity contribution in [1.82, 2.24) is 15.6 Å². The number of benzene rings is 1. The summed E-state index contributed by atoms with van der Waals surface area (Å²) in [5, 5.41) is 6.37. The molecule has 0 unspecified atom stereocenters. The van der Waals surface area contributed by atoms with Gasteiger partial charge in [0.05, 0.1) is 0 Å². The lowest BCUT2D eigenvalue weighted by atomic mass is 9.97. The Labute approximate surface area is 171 Å². The highest BCUT2D eigenvalue weighted by atomic mass is 19.1. The second-order valence-electron chi connectivity index (χ2n) is 7.71. The third-order valence-electron chi connectivity index (χ3n) is 5.78. The number of nitrogens with one attached hydrogen (secondary N) is 2. The number of aromatic nitrogens is 1. The van der Waals surface area contributed by atoms with E-state index < -0.39 is 0 Å². The third-order valence-corrected chi connectivity index (χ3v) is 5.78. The molecule has 3 heterocycles. The van der Waals surface area contributed by atoms with Gasteiger partial charge >= 0.3 is 0 Å². The molecular formula is C22H28FN5O. The Kier molecular flexibility index (Phi) is 6.24. The van der Waals surface area contributed by atoms with Crippen LogP contribution in [0.1, 0.15) is 18.4 Å². The van der Waals surface area contributed by atoms with Crippen LogP contribution in [0.15, 0.2) is 42.6 Å². The first kappa shape index (κ1) is 19.6. The van der Waals surface area contributed by atoms with Crippen LogP contribution in [-0.2, 0) is 11.3 Å². The Hall–Kier alpha value is -2.67. The molecular weight excluding hydrogens is 369 g/mol. The van der Waals surface area contributed by atoms with Crippen molar-refractivity contribution in [2.75, 3.05) is 49.1 Å². The van der Waals surface area contributed by atoms with Gasteiger partial charge in [-0.25, -0.2) is 9.37 Å². The minimum absolute atomic E-state index is 0.122. The van der Waals surface area contributed by atoms with Crippen molar-refractivity contribution in [3.63, 3.8) is 0 Å². The fourth-order valence-electron chi connectivity index (χ4n) is 4.01. The average Bonchev–Trinajstić information content (AvgIpc) is 2.79. The van der Waals surface area contributed by atoms with Crippen LogP contribution in [0.3, 0.4) is 0 Å². The van der Waals surface area contributed by atoms with Crippen molar-refractivity contribution >= 4 is 17.4 Å². The number of piperidine rings is 1. The third kappa shape index (κ3) is 5.03. The molecule has 154 valence electrons. The molecule has 0 spiro atoms. The molecule has 2 aliphatic rings. The summed E-state index contributed by atoms with van der Waals surface area (Å²) in [6.45, 7) is 5.81. The van der Waals surface area contributed by atoms with Gasteiger partial charge in [0, 0.05) is 50.5 Å². The predicted molar refractivity (Wildman–Crippen MR) is 113 cm³/mol. The molecule has 1 amide bonds.